The molecule has 3 aromatic carbocycles. The van der Waals surface area contributed by atoms with Crippen LogP contribution in [-0.2, 0) is 23.9 Å². The van der Waals surface area contributed by atoms with E-state index < -0.39 is 42.3 Å². The predicted molar refractivity (Wildman–Crippen MR) is 158 cm³/mol. The number of nitrogens with zero attached hydrogens (tertiary/aromatic N) is 1. The number of aryl methyl sites for hydroxylation is 1. The van der Waals surface area contributed by atoms with Crippen molar-refractivity contribution in [3.63, 3.8) is 0 Å². The molecule has 1 fully saturated rings. The molecule has 1 saturated heterocycles. The molecule has 1 heterocycles. The minimum atomic E-state index is -1.15. The molecule has 0 unspecified atom stereocenters. The van der Waals surface area contributed by atoms with E-state index in [0.29, 0.717) is 15.2 Å². The summed E-state index contributed by atoms with van der Waals surface area (Å²) in [4.78, 5) is 55.4. The Hall–Kier alpha value is -3.49. The average molecular weight is 636 g/mol. The Balaban J connectivity index is 1.25. The first-order valence-electron chi connectivity index (χ1n) is 13.6. The van der Waals surface area contributed by atoms with Gasteiger partial charge in [0.25, 0.3) is 5.91 Å². The molecule has 0 aromatic heterocycles. The fourth-order valence-electron chi connectivity index (χ4n) is 6.84. The second kappa shape index (κ2) is 10.4. The summed E-state index contributed by atoms with van der Waals surface area (Å²) in [6.07, 6.45) is 0. The summed E-state index contributed by atoms with van der Waals surface area (Å²) in [7, 11) is 0. The Morgan fingerprint density at radius 3 is 1.88 bits per heavy atom. The molecule has 9 heteroatoms. The molecule has 2 bridgehead atoms. The van der Waals surface area contributed by atoms with Gasteiger partial charge in [0, 0.05) is 22.0 Å². The quantitative estimate of drug-likeness (QED) is 0.273. The van der Waals surface area contributed by atoms with Crippen molar-refractivity contribution < 1.29 is 23.9 Å². The molecule has 3 aliphatic carbocycles. The second-order valence-electron chi connectivity index (χ2n) is 11.2. The lowest BCUT2D eigenvalue weighted by Gasteiger charge is -2.45. The average Bonchev–Trinajstić information content (AvgIpc) is 3.20. The molecule has 3 amide bonds. The standard InChI is InChI=1S/C32H28BrClN2O5/c1-15(2)29(32(40)41-14-24(37)35-23-13-22(34)21(33)12-16(23)3)36-30(38)27-25-17-8-4-5-9-18(17)26(28(27)31(36)39)20-11-7-6-10-19(20)25/h4-13,15,25-29H,14H2,1-3H3,(H,35,37)/t25?,26?,27-,28-,29-/m0/s1. The number of esters is 1. The molecule has 41 heavy (non-hydrogen) atoms. The van der Waals surface area contributed by atoms with Crippen LogP contribution >= 0.6 is 27.5 Å². The number of likely N-dealkylation sites (tertiary alicyclic amines) is 1. The van der Waals surface area contributed by atoms with Crippen LogP contribution in [0.1, 0.15) is 53.5 Å². The van der Waals surface area contributed by atoms with Gasteiger partial charge in [-0.05, 0) is 68.7 Å². The lowest BCUT2D eigenvalue weighted by molar-refractivity contribution is -0.162. The largest absolute Gasteiger partial charge is 0.454 e. The van der Waals surface area contributed by atoms with Crippen LogP contribution in [0.2, 0.25) is 5.02 Å². The van der Waals surface area contributed by atoms with E-state index in [0.717, 1.165) is 32.7 Å². The molecule has 0 radical (unpaired) electrons. The molecular formula is C32H28BrClN2O5. The van der Waals surface area contributed by atoms with Crippen LogP contribution in [0.5, 0.6) is 0 Å². The number of hydrogen-bond acceptors (Lipinski definition) is 5. The smallest absolute Gasteiger partial charge is 0.330 e. The molecule has 1 aliphatic heterocycles. The van der Waals surface area contributed by atoms with Gasteiger partial charge in [-0.25, -0.2) is 4.79 Å². The number of anilines is 1. The number of amides is 3. The van der Waals surface area contributed by atoms with Crippen molar-refractivity contribution in [3.8, 4) is 0 Å². The fourth-order valence-corrected chi connectivity index (χ4v) is 7.46. The Morgan fingerprint density at radius 1 is 0.927 bits per heavy atom. The van der Waals surface area contributed by atoms with Crippen LogP contribution in [0.15, 0.2) is 65.1 Å². The number of hydrogen-bond donors (Lipinski definition) is 1. The Labute approximate surface area is 251 Å². The summed E-state index contributed by atoms with van der Waals surface area (Å²) < 4.78 is 6.10. The van der Waals surface area contributed by atoms with Crippen molar-refractivity contribution in [3.05, 3.63) is 98.0 Å². The first-order valence-corrected chi connectivity index (χ1v) is 14.7. The predicted octanol–water partition coefficient (Wildman–Crippen LogP) is 5.81. The van der Waals surface area contributed by atoms with E-state index in [1.165, 1.54) is 0 Å². The van der Waals surface area contributed by atoms with Crippen molar-refractivity contribution in [1.82, 2.24) is 4.90 Å². The molecule has 0 spiro atoms. The highest BCUT2D eigenvalue weighted by molar-refractivity contribution is 9.10. The maximum atomic E-state index is 14.1. The monoisotopic (exact) mass is 634 g/mol. The molecule has 3 atom stereocenters. The third kappa shape index (κ3) is 4.39. The van der Waals surface area contributed by atoms with Crippen molar-refractivity contribution in [2.24, 2.45) is 17.8 Å². The van der Waals surface area contributed by atoms with Crippen molar-refractivity contribution >= 4 is 56.9 Å². The highest BCUT2D eigenvalue weighted by atomic mass is 79.9. The third-order valence-corrected chi connectivity index (χ3v) is 9.72. The van der Waals surface area contributed by atoms with Crippen molar-refractivity contribution in [2.75, 3.05) is 11.9 Å². The van der Waals surface area contributed by atoms with Gasteiger partial charge in [-0.2, -0.15) is 0 Å². The summed E-state index contributed by atoms with van der Waals surface area (Å²) in [5.74, 6) is -4.22. The number of carbonyl (C=O) groups excluding carboxylic acids is 4. The second-order valence-corrected chi connectivity index (χ2v) is 12.5. The fraction of sp³-hybridized carbons (Fsp3) is 0.312. The van der Waals surface area contributed by atoms with Crippen LogP contribution in [0.3, 0.4) is 0 Å². The van der Waals surface area contributed by atoms with E-state index in [4.69, 9.17) is 16.3 Å². The molecule has 4 aliphatic rings. The number of nitrogens with one attached hydrogen (secondary N) is 1. The lowest BCUT2D eigenvalue weighted by atomic mass is 9.55. The Morgan fingerprint density at radius 2 is 1.41 bits per heavy atom. The van der Waals surface area contributed by atoms with Gasteiger partial charge in [-0.3, -0.25) is 19.3 Å². The van der Waals surface area contributed by atoms with Crippen molar-refractivity contribution in [2.45, 2.75) is 38.6 Å². The third-order valence-electron chi connectivity index (χ3n) is 8.52. The zero-order valence-electron chi connectivity index (χ0n) is 22.7. The zero-order valence-corrected chi connectivity index (χ0v) is 25.0. The van der Waals surface area contributed by atoms with E-state index in [1.54, 1.807) is 26.0 Å². The molecular weight excluding hydrogens is 608 g/mol. The highest BCUT2D eigenvalue weighted by Crippen LogP contribution is 2.61. The molecule has 1 N–H and O–H groups in total. The topological polar surface area (TPSA) is 92.8 Å². The number of benzene rings is 3. The highest BCUT2D eigenvalue weighted by Gasteiger charge is 2.63. The molecule has 3 aromatic rings. The van der Waals surface area contributed by atoms with Crippen LogP contribution < -0.4 is 5.32 Å². The molecule has 7 nitrogen and oxygen atoms in total. The molecule has 0 saturated carbocycles. The minimum Gasteiger partial charge on any atom is -0.454 e. The minimum absolute atomic E-state index is 0.269. The lowest BCUT2D eigenvalue weighted by Crippen LogP contribution is -2.49. The summed E-state index contributed by atoms with van der Waals surface area (Å²) in [6.45, 7) is 4.77. The van der Waals surface area contributed by atoms with Gasteiger partial charge >= 0.3 is 5.97 Å². The van der Waals surface area contributed by atoms with Crippen LogP contribution in [-0.4, -0.2) is 41.2 Å². The number of imide groups is 1. The molecule has 210 valence electrons. The van der Waals surface area contributed by atoms with E-state index in [-0.39, 0.29) is 23.7 Å². The van der Waals surface area contributed by atoms with Crippen LogP contribution in [0.4, 0.5) is 5.69 Å². The van der Waals surface area contributed by atoms with E-state index in [2.05, 4.69) is 21.2 Å². The Bertz CT molecular complexity index is 1510. The first kappa shape index (κ1) is 27.7. The summed E-state index contributed by atoms with van der Waals surface area (Å²) in [6, 6.07) is 18.2. The summed E-state index contributed by atoms with van der Waals surface area (Å²) >= 11 is 9.50. The summed E-state index contributed by atoms with van der Waals surface area (Å²) in [5, 5.41) is 3.13. The maximum Gasteiger partial charge on any atom is 0.330 e. The number of ether oxygens (including phenoxy) is 1. The normalized spacial score (nSPS) is 22.7. The van der Waals surface area contributed by atoms with Crippen LogP contribution in [0.25, 0.3) is 0 Å². The van der Waals surface area contributed by atoms with E-state index in [1.807, 2.05) is 55.5 Å². The zero-order chi connectivity index (χ0) is 29.2. The first-order chi connectivity index (χ1) is 19.6. The van der Waals surface area contributed by atoms with Gasteiger partial charge in [0.1, 0.15) is 6.04 Å². The van der Waals surface area contributed by atoms with Gasteiger partial charge in [0.15, 0.2) is 6.61 Å². The number of carbonyl (C=O) groups is 4. The van der Waals surface area contributed by atoms with Crippen molar-refractivity contribution in [1.29, 1.82) is 0 Å². The number of halogens is 2. The van der Waals surface area contributed by atoms with Gasteiger partial charge < -0.3 is 10.1 Å². The van der Waals surface area contributed by atoms with Crippen LogP contribution in [0, 0.1) is 24.7 Å². The van der Waals surface area contributed by atoms with Gasteiger partial charge in [0.05, 0.1) is 16.9 Å². The van der Waals surface area contributed by atoms with Gasteiger partial charge in [-0.1, -0.05) is 74.0 Å². The molecule has 7 rings (SSSR count). The van der Waals surface area contributed by atoms with E-state index in [9.17, 15) is 19.2 Å². The SMILES string of the molecule is Cc1cc(Br)c(Cl)cc1NC(=O)COC(=O)[C@H](C(C)C)N1C(=O)[C@H]2C3c4ccccc4C(c4ccccc43)[C@@H]2C1=O. The van der Waals surface area contributed by atoms with Gasteiger partial charge in [-0.15, -0.1) is 0 Å². The number of rotatable bonds is 6. The van der Waals surface area contributed by atoms with Gasteiger partial charge in [0.2, 0.25) is 11.8 Å². The maximum absolute atomic E-state index is 14.1. The van der Waals surface area contributed by atoms with E-state index >= 15 is 0 Å². The Kier molecular flexibility index (Phi) is 7.02. The summed E-state index contributed by atoms with van der Waals surface area (Å²) in [5.41, 5.74) is 5.50.